The summed E-state index contributed by atoms with van der Waals surface area (Å²) in [6.45, 7) is 0. The molecule has 0 spiro atoms. The van der Waals surface area contributed by atoms with Gasteiger partial charge in [0.25, 0.3) is 0 Å². The van der Waals surface area contributed by atoms with Gasteiger partial charge in [-0.2, -0.15) is 0 Å². The molecule has 5 atom stereocenters. The Morgan fingerprint density at radius 2 is 1.38 bits per heavy atom. The predicted molar refractivity (Wildman–Crippen MR) is 102 cm³/mol. The number of rotatable bonds is 4. The first kappa shape index (κ1) is 18.7. The minimum absolute atomic E-state index is 0.189. The van der Waals surface area contributed by atoms with Gasteiger partial charge in [0.05, 0.1) is 0 Å². The molecular formula is C23H23F2NO3. The Morgan fingerprint density at radius 1 is 0.931 bits per heavy atom. The smallest absolute Gasteiger partial charge is 0.347 e. The average molecular weight is 399 g/mol. The molecule has 1 N–H and O–H groups in total. The van der Waals surface area contributed by atoms with E-state index in [0.29, 0.717) is 23.9 Å². The molecule has 6 heteroatoms. The molecule has 2 aromatic carbocycles. The number of piperidine rings is 2. The summed E-state index contributed by atoms with van der Waals surface area (Å²) in [4.78, 5) is 15.6. The van der Waals surface area contributed by atoms with E-state index in [-0.39, 0.29) is 17.2 Å². The highest BCUT2D eigenvalue weighted by Crippen LogP contribution is 2.58. The Kier molecular flexibility index (Phi) is 4.26. The van der Waals surface area contributed by atoms with E-state index in [9.17, 15) is 18.7 Å². The van der Waals surface area contributed by atoms with Crippen LogP contribution in [0.3, 0.4) is 0 Å². The molecule has 1 saturated carbocycles. The zero-order chi connectivity index (χ0) is 20.3. The third-order valence-corrected chi connectivity index (χ3v) is 7.03. The van der Waals surface area contributed by atoms with E-state index in [1.165, 1.54) is 55.0 Å². The molecule has 0 radical (unpaired) electrons. The molecule has 2 saturated heterocycles. The van der Waals surface area contributed by atoms with Crippen molar-refractivity contribution in [3.63, 3.8) is 0 Å². The number of carbonyl (C=O) groups is 1. The fourth-order valence-corrected chi connectivity index (χ4v) is 5.41. The van der Waals surface area contributed by atoms with Crippen molar-refractivity contribution in [2.75, 3.05) is 7.05 Å². The number of ether oxygens (including phenoxy) is 1. The van der Waals surface area contributed by atoms with Crippen LogP contribution in [0.5, 0.6) is 0 Å². The van der Waals surface area contributed by atoms with Crippen molar-refractivity contribution in [1.29, 1.82) is 0 Å². The summed E-state index contributed by atoms with van der Waals surface area (Å²) in [5, 5.41) is 11.5. The van der Waals surface area contributed by atoms with Crippen LogP contribution < -0.4 is 0 Å². The van der Waals surface area contributed by atoms with E-state index < -0.39 is 23.2 Å². The van der Waals surface area contributed by atoms with Crippen LogP contribution in [0.15, 0.2) is 48.5 Å². The van der Waals surface area contributed by atoms with Crippen molar-refractivity contribution >= 4 is 5.97 Å². The molecular weight excluding hydrogens is 376 g/mol. The number of hydrogen-bond donors (Lipinski definition) is 1. The van der Waals surface area contributed by atoms with Crippen molar-refractivity contribution in [2.45, 2.75) is 43.1 Å². The molecule has 2 heterocycles. The second-order valence-electron chi connectivity index (χ2n) is 8.59. The normalized spacial score (nSPS) is 30.7. The van der Waals surface area contributed by atoms with Crippen LogP contribution in [0.1, 0.15) is 30.4 Å². The third-order valence-electron chi connectivity index (χ3n) is 7.03. The van der Waals surface area contributed by atoms with Gasteiger partial charge in [0.15, 0.2) is 0 Å². The Balaban J connectivity index is 1.44. The van der Waals surface area contributed by atoms with Crippen molar-refractivity contribution in [3.05, 3.63) is 71.3 Å². The van der Waals surface area contributed by atoms with Crippen LogP contribution in [-0.2, 0) is 15.1 Å². The van der Waals surface area contributed by atoms with Gasteiger partial charge < -0.3 is 9.84 Å². The average Bonchev–Trinajstić information content (AvgIpc) is 3.47. The van der Waals surface area contributed by atoms with Crippen molar-refractivity contribution < 1.29 is 23.4 Å². The number of hydrogen-bond acceptors (Lipinski definition) is 4. The van der Waals surface area contributed by atoms with Crippen LogP contribution in [-0.4, -0.2) is 41.2 Å². The minimum Gasteiger partial charge on any atom is -0.460 e. The number of benzene rings is 2. The van der Waals surface area contributed by atoms with Crippen LogP contribution in [0, 0.1) is 23.5 Å². The van der Waals surface area contributed by atoms with E-state index in [1.54, 1.807) is 0 Å². The largest absolute Gasteiger partial charge is 0.460 e. The Bertz CT molecular complexity index is 867. The predicted octanol–water partition coefficient (Wildman–Crippen LogP) is 3.23. The van der Waals surface area contributed by atoms with Crippen LogP contribution >= 0.6 is 0 Å². The number of aliphatic hydroxyl groups is 1. The van der Waals surface area contributed by atoms with Crippen molar-refractivity contribution in [2.24, 2.45) is 11.8 Å². The van der Waals surface area contributed by atoms with Crippen molar-refractivity contribution in [3.8, 4) is 0 Å². The fourth-order valence-electron chi connectivity index (χ4n) is 5.41. The highest BCUT2D eigenvalue weighted by Gasteiger charge is 2.61. The number of fused-ring (bicyclic) bond motifs is 5. The van der Waals surface area contributed by atoms with Crippen LogP contribution in [0.25, 0.3) is 0 Å². The number of carbonyl (C=O) groups excluding carboxylic acids is 1. The summed E-state index contributed by atoms with van der Waals surface area (Å²) in [6.07, 6.45) is 2.50. The maximum atomic E-state index is 13.4. The zero-order valence-corrected chi connectivity index (χ0v) is 16.1. The summed E-state index contributed by atoms with van der Waals surface area (Å²) in [6, 6.07) is 11.0. The molecule has 29 heavy (non-hydrogen) atoms. The van der Waals surface area contributed by atoms with Gasteiger partial charge in [-0.25, -0.2) is 13.6 Å². The topological polar surface area (TPSA) is 49.8 Å². The Morgan fingerprint density at radius 3 is 1.83 bits per heavy atom. The Hall–Kier alpha value is -2.31. The lowest BCUT2D eigenvalue weighted by Gasteiger charge is -2.39. The van der Waals surface area contributed by atoms with Crippen LogP contribution in [0.4, 0.5) is 8.78 Å². The van der Waals surface area contributed by atoms with Gasteiger partial charge in [-0.05, 0) is 60.7 Å². The summed E-state index contributed by atoms with van der Waals surface area (Å²) in [7, 11) is 2.13. The summed E-state index contributed by atoms with van der Waals surface area (Å²) in [5.41, 5.74) is -1.75. The molecule has 1 aliphatic carbocycles. The Labute approximate surface area is 168 Å². The maximum absolute atomic E-state index is 13.4. The van der Waals surface area contributed by atoms with Gasteiger partial charge >= 0.3 is 5.97 Å². The number of esters is 1. The first-order valence-electron chi connectivity index (χ1n) is 10.1. The van der Waals surface area contributed by atoms with Crippen LogP contribution in [0.2, 0.25) is 0 Å². The van der Waals surface area contributed by atoms with E-state index >= 15 is 0 Å². The summed E-state index contributed by atoms with van der Waals surface area (Å²) < 4.78 is 32.7. The zero-order valence-electron chi connectivity index (χ0n) is 16.1. The van der Waals surface area contributed by atoms with Crippen molar-refractivity contribution in [1.82, 2.24) is 4.90 Å². The molecule has 3 unspecified atom stereocenters. The number of nitrogens with zero attached hydrogens (tertiary/aromatic N) is 1. The van der Waals surface area contributed by atoms with Gasteiger partial charge in [0, 0.05) is 24.9 Å². The first-order chi connectivity index (χ1) is 13.9. The third kappa shape index (κ3) is 2.97. The maximum Gasteiger partial charge on any atom is 0.347 e. The fraction of sp³-hybridized carbons (Fsp3) is 0.435. The SMILES string of the molecule is CN1C2CC(OC(=O)C(O)(c3ccc(F)cc3)c3ccc(F)cc3)C[C@H]1[C@H]1CC21. The highest BCUT2D eigenvalue weighted by atomic mass is 19.1. The molecule has 152 valence electrons. The molecule has 2 aromatic rings. The molecule has 3 fully saturated rings. The quantitative estimate of drug-likeness (QED) is 0.802. The molecule has 5 rings (SSSR count). The lowest BCUT2D eigenvalue weighted by molar-refractivity contribution is -0.171. The molecule has 2 aliphatic heterocycles. The molecule has 0 amide bonds. The van der Waals surface area contributed by atoms with E-state index in [2.05, 4.69) is 11.9 Å². The minimum atomic E-state index is -2.13. The summed E-state index contributed by atoms with van der Waals surface area (Å²) in [5.74, 6) is -0.369. The van der Waals surface area contributed by atoms with Gasteiger partial charge in [-0.1, -0.05) is 24.3 Å². The first-order valence-corrected chi connectivity index (χ1v) is 10.1. The molecule has 2 bridgehead atoms. The molecule has 3 aliphatic rings. The second-order valence-corrected chi connectivity index (χ2v) is 8.59. The molecule has 0 aromatic heterocycles. The van der Waals surface area contributed by atoms with E-state index in [4.69, 9.17) is 4.74 Å². The summed E-state index contributed by atoms with van der Waals surface area (Å²) >= 11 is 0. The standard InChI is InChI=1S/C23H23F2NO3/c1-26-20-10-17(11-21(26)19-12-18(19)20)29-22(27)23(28,13-2-6-15(24)7-3-13)14-4-8-16(25)9-5-14/h2-9,17-21,28H,10-12H2,1H3/t17?,18-,19?,20-,21?/m0/s1. The molecule has 4 nitrogen and oxygen atoms in total. The van der Waals surface area contributed by atoms with Gasteiger partial charge in [0.1, 0.15) is 17.7 Å². The highest BCUT2D eigenvalue weighted by molar-refractivity contribution is 5.85. The lowest BCUT2D eigenvalue weighted by atomic mass is 9.86. The van der Waals surface area contributed by atoms with Gasteiger partial charge in [-0.15, -0.1) is 0 Å². The monoisotopic (exact) mass is 399 g/mol. The second kappa shape index (κ2) is 6.61. The van der Waals surface area contributed by atoms with Gasteiger partial charge in [-0.3, -0.25) is 4.90 Å². The lowest BCUT2D eigenvalue weighted by Crippen LogP contribution is -2.48. The van der Waals surface area contributed by atoms with Gasteiger partial charge in [0.2, 0.25) is 5.60 Å². The van der Waals surface area contributed by atoms with E-state index in [1.807, 2.05) is 0 Å². The number of halogens is 2. The van der Waals surface area contributed by atoms with E-state index in [0.717, 1.165) is 12.8 Å².